The van der Waals surface area contributed by atoms with Gasteiger partial charge in [-0.2, -0.15) is 5.26 Å². The highest BCUT2D eigenvalue weighted by atomic mass is 35.5. The molecule has 0 saturated carbocycles. The Morgan fingerprint density at radius 2 is 1.93 bits per heavy atom. The fourth-order valence-electron chi connectivity index (χ4n) is 3.88. The Hall–Kier alpha value is -3.10. The molecule has 2 aromatic carbocycles. The molecule has 1 aliphatic rings. The number of hydrogen-bond donors (Lipinski definition) is 1. The molecule has 1 aliphatic heterocycles. The molecule has 0 radical (unpaired) electrons. The van der Waals surface area contributed by atoms with Crippen LogP contribution in [-0.2, 0) is 0 Å². The molecule has 6 heteroatoms. The summed E-state index contributed by atoms with van der Waals surface area (Å²) in [6.07, 6.45) is 1.84. The first-order valence-electron chi connectivity index (χ1n) is 9.67. The molecule has 0 unspecified atom stereocenters. The van der Waals surface area contributed by atoms with E-state index in [9.17, 15) is 4.79 Å². The first-order chi connectivity index (χ1) is 14.0. The number of amides is 1. The van der Waals surface area contributed by atoms with E-state index < -0.39 is 0 Å². The van der Waals surface area contributed by atoms with Crippen LogP contribution in [0, 0.1) is 18.3 Å². The minimum atomic E-state index is 0.0357. The molecule has 4 rings (SSSR count). The molecule has 0 spiro atoms. The van der Waals surface area contributed by atoms with Crippen molar-refractivity contribution in [2.24, 2.45) is 0 Å². The molecule has 1 amide bonds. The van der Waals surface area contributed by atoms with Crippen LogP contribution in [0.5, 0.6) is 0 Å². The minimum Gasteiger partial charge on any atom is -0.339 e. The number of likely N-dealkylation sites (tertiary alicyclic amines) is 1. The summed E-state index contributed by atoms with van der Waals surface area (Å²) >= 11 is 6.22. The van der Waals surface area contributed by atoms with Crippen molar-refractivity contribution >= 4 is 17.5 Å². The summed E-state index contributed by atoms with van der Waals surface area (Å²) in [7, 11) is 0. The first kappa shape index (κ1) is 19.2. The molecule has 29 heavy (non-hydrogen) atoms. The van der Waals surface area contributed by atoms with Crippen molar-refractivity contribution < 1.29 is 4.79 Å². The van der Waals surface area contributed by atoms with Crippen LogP contribution in [0.2, 0.25) is 5.15 Å². The highest BCUT2D eigenvalue weighted by Gasteiger charge is 2.25. The SMILES string of the molecule is Cc1nc(-c2cccc(C(=O)N3CCC(c4ccc(C#N)cc4)CC3)c2)c(Cl)[nH]1. The van der Waals surface area contributed by atoms with E-state index in [1.807, 2.05) is 60.4 Å². The van der Waals surface area contributed by atoms with Crippen molar-refractivity contribution in [3.63, 3.8) is 0 Å². The summed E-state index contributed by atoms with van der Waals surface area (Å²) in [4.78, 5) is 22.3. The number of hydrogen-bond acceptors (Lipinski definition) is 3. The van der Waals surface area contributed by atoms with E-state index in [0.717, 1.165) is 37.3 Å². The zero-order valence-corrected chi connectivity index (χ0v) is 16.9. The lowest BCUT2D eigenvalue weighted by atomic mass is 9.89. The Bertz CT molecular complexity index is 1070. The molecule has 0 bridgehead atoms. The van der Waals surface area contributed by atoms with E-state index in [-0.39, 0.29) is 5.91 Å². The number of piperidine rings is 1. The van der Waals surface area contributed by atoms with Gasteiger partial charge in [-0.3, -0.25) is 4.79 Å². The molecule has 1 fully saturated rings. The van der Waals surface area contributed by atoms with Crippen LogP contribution in [0.15, 0.2) is 48.5 Å². The van der Waals surface area contributed by atoms with Gasteiger partial charge in [-0.05, 0) is 55.5 Å². The molecule has 0 atom stereocenters. The van der Waals surface area contributed by atoms with Crippen LogP contribution in [0.1, 0.15) is 46.1 Å². The van der Waals surface area contributed by atoms with E-state index in [4.69, 9.17) is 16.9 Å². The number of aryl methyl sites for hydroxylation is 1. The second-order valence-corrected chi connectivity index (χ2v) is 7.74. The predicted molar refractivity (Wildman–Crippen MR) is 113 cm³/mol. The average Bonchev–Trinajstić information content (AvgIpc) is 3.11. The molecule has 1 aromatic heterocycles. The smallest absolute Gasteiger partial charge is 0.253 e. The number of rotatable bonds is 3. The van der Waals surface area contributed by atoms with Crippen LogP contribution >= 0.6 is 11.6 Å². The van der Waals surface area contributed by atoms with Gasteiger partial charge in [0.1, 0.15) is 16.7 Å². The van der Waals surface area contributed by atoms with Gasteiger partial charge < -0.3 is 9.88 Å². The zero-order valence-electron chi connectivity index (χ0n) is 16.2. The molecule has 3 aromatic rings. The Kier molecular flexibility index (Phi) is 5.37. The molecule has 0 aliphatic carbocycles. The van der Waals surface area contributed by atoms with E-state index in [0.29, 0.717) is 27.9 Å². The summed E-state index contributed by atoms with van der Waals surface area (Å²) < 4.78 is 0. The maximum absolute atomic E-state index is 13.0. The first-order valence-corrected chi connectivity index (χ1v) is 10.0. The van der Waals surface area contributed by atoms with Crippen molar-refractivity contribution in [3.05, 3.63) is 76.2 Å². The van der Waals surface area contributed by atoms with Crippen molar-refractivity contribution in [3.8, 4) is 17.3 Å². The summed E-state index contributed by atoms with van der Waals surface area (Å²) in [5, 5.41) is 9.43. The number of imidazole rings is 1. The Labute approximate surface area is 175 Å². The minimum absolute atomic E-state index is 0.0357. The lowest BCUT2D eigenvalue weighted by Crippen LogP contribution is -2.37. The van der Waals surface area contributed by atoms with Crippen LogP contribution < -0.4 is 0 Å². The van der Waals surface area contributed by atoms with E-state index in [1.165, 1.54) is 5.56 Å². The third kappa shape index (κ3) is 4.03. The number of nitrogens with zero attached hydrogens (tertiary/aromatic N) is 3. The van der Waals surface area contributed by atoms with E-state index in [2.05, 4.69) is 16.0 Å². The highest BCUT2D eigenvalue weighted by Crippen LogP contribution is 2.30. The lowest BCUT2D eigenvalue weighted by molar-refractivity contribution is 0.0713. The van der Waals surface area contributed by atoms with Crippen molar-refractivity contribution in [1.82, 2.24) is 14.9 Å². The molecular formula is C23H21ClN4O. The second-order valence-electron chi connectivity index (χ2n) is 7.37. The monoisotopic (exact) mass is 404 g/mol. The highest BCUT2D eigenvalue weighted by molar-refractivity contribution is 6.31. The third-order valence-corrected chi connectivity index (χ3v) is 5.73. The van der Waals surface area contributed by atoms with Crippen molar-refractivity contribution in [2.45, 2.75) is 25.7 Å². The topological polar surface area (TPSA) is 72.8 Å². The van der Waals surface area contributed by atoms with Gasteiger partial charge in [-0.1, -0.05) is 35.9 Å². The molecule has 2 heterocycles. The summed E-state index contributed by atoms with van der Waals surface area (Å²) in [5.74, 6) is 1.20. The number of aromatic amines is 1. The van der Waals surface area contributed by atoms with Gasteiger partial charge in [-0.15, -0.1) is 0 Å². The zero-order chi connectivity index (χ0) is 20.4. The Morgan fingerprint density at radius 1 is 1.21 bits per heavy atom. The van der Waals surface area contributed by atoms with Gasteiger partial charge >= 0.3 is 0 Å². The number of carbonyl (C=O) groups is 1. The van der Waals surface area contributed by atoms with Gasteiger partial charge in [0.25, 0.3) is 5.91 Å². The fourth-order valence-corrected chi connectivity index (χ4v) is 4.17. The average molecular weight is 405 g/mol. The molecule has 1 saturated heterocycles. The maximum Gasteiger partial charge on any atom is 0.253 e. The second kappa shape index (κ2) is 8.10. The molecule has 146 valence electrons. The summed E-state index contributed by atoms with van der Waals surface area (Å²) in [5.41, 5.74) is 4.06. The Balaban J connectivity index is 1.45. The summed E-state index contributed by atoms with van der Waals surface area (Å²) in [6, 6.07) is 17.4. The van der Waals surface area contributed by atoms with E-state index in [1.54, 1.807) is 0 Å². The van der Waals surface area contributed by atoms with E-state index >= 15 is 0 Å². The van der Waals surface area contributed by atoms with Crippen molar-refractivity contribution in [2.75, 3.05) is 13.1 Å². The summed E-state index contributed by atoms with van der Waals surface area (Å²) in [6.45, 7) is 3.29. The largest absolute Gasteiger partial charge is 0.339 e. The van der Waals surface area contributed by atoms with Crippen LogP contribution in [0.4, 0.5) is 0 Å². The van der Waals surface area contributed by atoms with Gasteiger partial charge in [0.05, 0.1) is 11.6 Å². The number of H-pyrrole nitrogens is 1. The van der Waals surface area contributed by atoms with Gasteiger partial charge in [-0.25, -0.2) is 4.98 Å². The lowest BCUT2D eigenvalue weighted by Gasteiger charge is -2.32. The third-order valence-electron chi connectivity index (χ3n) is 5.45. The fraction of sp³-hybridized carbons (Fsp3) is 0.261. The molecule has 1 N–H and O–H groups in total. The number of nitrogens with one attached hydrogen (secondary N) is 1. The Morgan fingerprint density at radius 3 is 2.55 bits per heavy atom. The number of aromatic nitrogens is 2. The van der Waals surface area contributed by atoms with Crippen LogP contribution in [0.25, 0.3) is 11.3 Å². The predicted octanol–water partition coefficient (Wildman–Crippen LogP) is 4.93. The maximum atomic E-state index is 13.0. The standard InChI is InChI=1S/C23H21ClN4O/c1-15-26-21(22(24)27-15)19-3-2-4-20(13-19)23(29)28-11-9-18(10-12-28)17-7-5-16(14-25)6-8-17/h2-8,13,18H,9-12H2,1H3,(H,26,27). The number of benzene rings is 2. The van der Waals surface area contributed by atoms with Gasteiger partial charge in [0.15, 0.2) is 0 Å². The number of carbonyl (C=O) groups excluding carboxylic acids is 1. The van der Waals surface area contributed by atoms with Crippen LogP contribution in [-0.4, -0.2) is 33.9 Å². The number of nitriles is 1. The van der Waals surface area contributed by atoms with Crippen molar-refractivity contribution in [1.29, 1.82) is 5.26 Å². The van der Waals surface area contributed by atoms with Gasteiger partial charge in [0.2, 0.25) is 0 Å². The van der Waals surface area contributed by atoms with Gasteiger partial charge in [0, 0.05) is 24.2 Å². The molecule has 5 nitrogen and oxygen atoms in total. The molecular weight excluding hydrogens is 384 g/mol. The number of halogens is 1. The van der Waals surface area contributed by atoms with Crippen LogP contribution in [0.3, 0.4) is 0 Å². The normalized spacial score (nSPS) is 14.6. The quantitative estimate of drug-likeness (QED) is 0.672.